The van der Waals surface area contributed by atoms with E-state index in [9.17, 15) is 10.1 Å². The van der Waals surface area contributed by atoms with Crippen molar-refractivity contribution in [1.29, 1.82) is 0 Å². The van der Waals surface area contributed by atoms with Crippen LogP contribution in [0.5, 0.6) is 0 Å². The van der Waals surface area contributed by atoms with Gasteiger partial charge >= 0.3 is 5.69 Å². The van der Waals surface area contributed by atoms with Crippen LogP contribution in [0.25, 0.3) is 0 Å². The van der Waals surface area contributed by atoms with Crippen molar-refractivity contribution in [1.82, 2.24) is 9.78 Å². The van der Waals surface area contributed by atoms with E-state index in [-0.39, 0.29) is 10.6 Å². The predicted octanol–water partition coefficient (Wildman–Crippen LogP) is 2.88. The molecule has 106 valence electrons. The van der Waals surface area contributed by atoms with Gasteiger partial charge in [0.05, 0.1) is 4.92 Å². The van der Waals surface area contributed by atoms with Crippen molar-refractivity contribution in [3.05, 3.63) is 15.8 Å². The molecule has 6 nitrogen and oxygen atoms in total. The molecule has 1 aliphatic carbocycles. The Balaban J connectivity index is 2.17. The number of nitro groups is 1. The van der Waals surface area contributed by atoms with Crippen LogP contribution in [0.2, 0.25) is 0 Å². The van der Waals surface area contributed by atoms with Gasteiger partial charge in [-0.3, -0.25) is 10.1 Å². The van der Waals surface area contributed by atoms with Gasteiger partial charge in [-0.25, -0.2) is 4.68 Å². The van der Waals surface area contributed by atoms with Gasteiger partial charge in [-0.1, -0.05) is 26.7 Å². The average molecular weight is 266 g/mol. The van der Waals surface area contributed by atoms with E-state index in [1.807, 2.05) is 6.92 Å². The predicted molar refractivity (Wildman–Crippen MR) is 74.3 cm³/mol. The number of rotatable bonds is 7. The fraction of sp³-hybridized carbons (Fsp3) is 0.769. The van der Waals surface area contributed by atoms with Crippen LogP contribution in [0.4, 0.5) is 11.5 Å². The molecule has 0 radical (unpaired) electrons. The van der Waals surface area contributed by atoms with Crippen LogP contribution in [0.1, 0.15) is 45.2 Å². The lowest BCUT2D eigenvalue weighted by molar-refractivity contribution is -0.384. The molecule has 0 amide bonds. The summed E-state index contributed by atoms with van der Waals surface area (Å²) in [6.07, 6.45) is 4.97. The number of nitrogens with zero attached hydrogens (tertiary/aromatic N) is 3. The third kappa shape index (κ3) is 2.88. The van der Waals surface area contributed by atoms with Crippen molar-refractivity contribution in [3.63, 3.8) is 0 Å². The molecule has 1 heterocycles. The minimum absolute atomic E-state index is 0.159. The van der Waals surface area contributed by atoms with Crippen molar-refractivity contribution >= 4 is 11.5 Å². The fourth-order valence-electron chi connectivity index (χ4n) is 2.62. The maximum atomic E-state index is 11.3. The minimum atomic E-state index is -0.308. The monoisotopic (exact) mass is 266 g/mol. The Morgan fingerprint density at radius 2 is 2.21 bits per heavy atom. The number of aromatic nitrogens is 2. The van der Waals surface area contributed by atoms with E-state index < -0.39 is 0 Å². The van der Waals surface area contributed by atoms with E-state index in [0.29, 0.717) is 29.9 Å². The molecule has 0 bridgehead atoms. The number of aryl methyl sites for hydroxylation is 2. The van der Waals surface area contributed by atoms with Gasteiger partial charge in [0.1, 0.15) is 5.69 Å². The third-order valence-corrected chi connectivity index (χ3v) is 3.67. The van der Waals surface area contributed by atoms with Crippen molar-refractivity contribution in [2.24, 2.45) is 13.0 Å². The number of hydrogen-bond donors (Lipinski definition) is 1. The van der Waals surface area contributed by atoms with Gasteiger partial charge in [-0.05, 0) is 25.2 Å². The molecule has 0 saturated heterocycles. The van der Waals surface area contributed by atoms with Gasteiger partial charge in [0, 0.05) is 13.1 Å². The summed E-state index contributed by atoms with van der Waals surface area (Å²) in [7, 11) is 1.77. The molecule has 0 aromatic carbocycles. The summed E-state index contributed by atoms with van der Waals surface area (Å²) < 4.78 is 1.62. The van der Waals surface area contributed by atoms with Gasteiger partial charge in [-0.2, -0.15) is 5.10 Å². The largest absolute Gasteiger partial charge is 0.362 e. The van der Waals surface area contributed by atoms with Gasteiger partial charge in [0.2, 0.25) is 5.82 Å². The molecule has 0 aliphatic heterocycles. The quantitative estimate of drug-likeness (QED) is 0.608. The highest BCUT2D eigenvalue weighted by Crippen LogP contribution is 2.39. The summed E-state index contributed by atoms with van der Waals surface area (Å²) >= 11 is 0. The zero-order valence-electron chi connectivity index (χ0n) is 11.8. The summed E-state index contributed by atoms with van der Waals surface area (Å²) in [4.78, 5) is 10.9. The summed E-state index contributed by atoms with van der Waals surface area (Å²) in [5.74, 6) is 1.23. The Morgan fingerprint density at radius 1 is 1.47 bits per heavy atom. The molecule has 1 aromatic heterocycles. The molecule has 0 spiro atoms. The molecule has 1 N–H and O–H groups in total. The zero-order chi connectivity index (χ0) is 14.0. The first-order chi connectivity index (χ1) is 9.08. The molecule has 2 rings (SSSR count). The third-order valence-electron chi connectivity index (χ3n) is 3.67. The van der Waals surface area contributed by atoms with Crippen molar-refractivity contribution in [2.45, 2.75) is 52.0 Å². The molecule has 1 aliphatic rings. The van der Waals surface area contributed by atoms with Gasteiger partial charge < -0.3 is 5.32 Å². The molecule has 1 fully saturated rings. The van der Waals surface area contributed by atoms with Gasteiger partial charge in [0.15, 0.2) is 0 Å². The Labute approximate surface area is 113 Å². The second kappa shape index (κ2) is 5.59. The van der Waals surface area contributed by atoms with Crippen LogP contribution in [-0.2, 0) is 13.5 Å². The van der Waals surface area contributed by atoms with E-state index in [0.717, 1.165) is 19.3 Å². The minimum Gasteiger partial charge on any atom is -0.362 e. The molecule has 19 heavy (non-hydrogen) atoms. The van der Waals surface area contributed by atoms with Crippen LogP contribution in [0, 0.1) is 16.0 Å². The zero-order valence-corrected chi connectivity index (χ0v) is 11.8. The van der Waals surface area contributed by atoms with Crippen LogP contribution in [-0.4, -0.2) is 20.7 Å². The first kappa shape index (κ1) is 13.8. The summed E-state index contributed by atoms with van der Waals surface area (Å²) in [5, 5.41) is 18.8. The van der Waals surface area contributed by atoms with E-state index in [1.165, 1.54) is 6.42 Å². The highest BCUT2D eigenvalue weighted by molar-refractivity contribution is 5.61. The number of anilines is 1. The van der Waals surface area contributed by atoms with Crippen molar-refractivity contribution in [3.8, 4) is 0 Å². The van der Waals surface area contributed by atoms with Crippen LogP contribution in [0.15, 0.2) is 0 Å². The van der Waals surface area contributed by atoms with Crippen LogP contribution in [0.3, 0.4) is 0 Å². The summed E-state index contributed by atoms with van der Waals surface area (Å²) in [6.45, 7) is 4.17. The molecular formula is C13H22N4O2. The molecule has 6 heteroatoms. The van der Waals surface area contributed by atoms with Crippen molar-refractivity contribution in [2.75, 3.05) is 5.32 Å². The SMILES string of the molecule is CCCc1nn(C)c(NC2CC2CCC)c1[N+](=O)[O-]. The van der Waals surface area contributed by atoms with E-state index in [2.05, 4.69) is 17.3 Å². The molecular weight excluding hydrogens is 244 g/mol. The lowest BCUT2D eigenvalue weighted by Crippen LogP contribution is -2.10. The molecule has 2 unspecified atom stereocenters. The topological polar surface area (TPSA) is 73.0 Å². The Morgan fingerprint density at radius 3 is 2.79 bits per heavy atom. The molecule has 1 saturated carbocycles. The Hall–Kier alpha value is -1.59. The standard InChI is InChI=1S/C13H22N4O2/c1-4-6-9-8-11(9)14-13-12(17(18)19)10(7-5-2)15-16(13)3/h9,11,14H,4-8H2,1-3H3. The van der Waals surface area contributed by atoms with E-state index in [4.69, 9.17) is 0 Å². The molecule has 1 aromatic rings. The highest BCUT2D eigenvalue weighted by Gasteiger charge is 2.39. The Kier molecular flexibility index (Phi) is 4.07. The number of nitrogens with one attached hydrogen (secondary N) is 1. The normalized spacial score (nSPS) is 21.4. The van der Waals surface area contributed by atoms with Crippen LogP contribution >= 0.6 is 0 Å². The summed E-state index contributed by atoms with van der Waals surface area (Å²) in [5.41, 5.74) is 0.747. The fourth-order valence-corrected chi connectivity index (χ4v) is 2.62. The average Bonchev–Trinajstić information content (AvgIpc) is 2.98. The van der Waals surface area contributed by atoms with E-state index >= 15 is 0 Å². The molecule has 2 atom stereocenters. The lowest BCUT2D eigenvalue weighted by atomic mass is 10.2. The second-order valence-corrected chi connectivity index (χ2v) is 5.31. The second-order valence-electron chi connectivity index (χ2n) is 5.31. The maximum Gasteiger partial charge on any atom is 0.333 e. The van der Waals surface area contributed by atoms with Crippen LogP contribution < -0.4 is 5.32 Å². The summed E-state index contributed by atoms with van der Waals surface area (Å²) in [6, 6.07) is 0.378. The van der Waals surface area contributed by atoms with Gasteiger partial charge in [-0.15, -0.1) is 0 Å². The van der Waals surface area contributed by atoms with Gasteiger partial charge in [0.25, 0.3) is 0 Å². The first-order valence-corrected chi connectivity index (χ1v) is 7.05. The number of hydrogen-bond acceptors (Lipinski definition) is 4. The Bertz CT molecular complexity index is 469. The smallest absolute Gasteiger partial charge is 0.333 e. The highest BCUT2D eigenvalue weighted by atomic mass is 16.6. The van der Waals surface area contributed by atoms with E-state index in [1.54, 1.807) is 11.7 Å². The lowest BCUT2D eigenvalue weighted by Gasteiger charge is -2.05. The first-order valence-electron chi connectivity index (χ1n) is 7.05. The van der Waals surface area contributed by atoms with Crippen molar-refractivity contribution < 1.29 is 4.92 Å². The maximum absolute atomic E-state index is 11.3.